The van der Waals surface area contributed by atoms with Gasteiger partial charge < -0.3 is 19.2 Å². The number of amides is 1. The Balaban J connectivity index is 1.90. The molecule has 0 bridgehead atoms. The molecule has 1 aromatic carbocycles. The van der Waals surface area contributed by atoms with Crippen LogP contribution in [0, 0.1) is 12.8 Å². The first-order valence-electron chi connectivity index (χ1n) is 8.85. The minimum Gasteiger partial charge on any atom is -0.467 e. The summed E-state index contributed by atoms with van der Waals surface area (Å²) < 4.78 is 15.2. The lowest BCUT2D eigenvalue weighted by Crippen LogP contribution is -2.47. The molecule has 1 N–H and O–H groups in total. The minimum absolute atomic E-state index is 0.00483. The van der Waals surface area contributed by atoms with Crippen molar-refractivity contribution in [1.29, 1.82) is 0 Å². The topological polar surface area (TPSA) is 94.8 Å². The molecule has 146 valence electrons. The third-order valence-electron chi connectivity index (χ3n) is 4.49. The molecule has 2 aromatic rings. The molecule has 2 rings (SSSR count). The number of esters is 2. The molecule has 7 heteroatoms. The second-order valence-electron chi connectivity index (χ2n) is 6.55. The highest BCUT2D eigenvalue weighted by molar-refractivity contribution is 5.88. The maximum Gasteiger partial charge on any atom is 0.328 e. The largest absolute Gasteiger partial charge is 0.467 e. The van der Waals surface area contributed by atoms with Gasteiger partial charge in [-0.25, -0.2) is 4.79 Å². The summed E-state index contributed by atoms with van der Waals surface area (Å²) in [5.41, 5.74) is 2.46. The molecular weight excluding hydrogens is 350 g/mol. The van der Waals surface area contributed by atoms with Crippen molar-refractivity contribution in [1.82, 2.24) is 5.32 Å². The fourth-order valence-corrected chi connectivity index (χ4v) is 2.69. The van der Waals surface area contributed by atoms with E-state index >= 15 is 0 Å². The predicted molar refractivity (Wildman–Crippen MR) is 99.0 cm³/mol. The first-order valence-corrected chi connectivity index (χ1v) is 8.85. The van der Waals surface area contributed by atoms with Crippen LogP contribution in [0.3, 0.4) is 0 Å². The Morgan fingerprint density at radius 1 is 1.26 bits per heavy atom. The fourth-order valence-electron chi connectivity index (χ4n) is 2.69. The number of hydrogen-bond donors (Lipinski definition) is 1. The van der Waals surface area contributed by atoms with Crippen LogP contribution in [0.5, 0.6) is 0 Å². The van der Waals surface area contributed by atoms with Crippen molar-refractivity contribution in [2.75, 3.05) is 13.7 Å². The average molecular weight is 375 g/mol. The van der Waals surface area contributed by atoms with E-state index in [9.17, 15) is 14.4 Å². The quantitative estimate of drug-likeness (QED) is 0.713. The van der Waals surface area contributed by atoms with Gasteiger partial charge in [-0.1, -0.05) is 32.4 Å². The molecule has 0 fully saturated rings. The van der Waals surface area contributed by atoms with Gasteiger partial charge in [-0.05, 0) is 24.5 Å². The van der Waals surface area contributed by atoms with Gasteiger partial charge in [0.2, 0.25) is 0 Å². The SMILES string of the molecule is CC[C@@H](C)[C@H](NC(=O)COC(=O)Cc1coc2cc(C)ccc12)C(=O)OC. The van der Waals surface area contributed by atoms with Gasteiger partial charge in [0, 0.05) is 10.9 Å². The van der Waals surface area contributed by atoms with Crippen LogP contribution in [0.2, 0.25) is 0 Å². The summed E-state index contributed by atoms with van der Waals surface area (Å²) in [5.74, 6) is -1.72. The van der Waals surface area contributed by atoms with Crippen LogP contribution in [-0.2, 0) is 30.3 Å². The van der Waals surface area contributed by atoms with Gasteiger partial charge in [-0.2, -0.15) is 0 Å². The van der Waals surface area contributed by atoms with E-state index in [-0.39, 0.29) is 12.3 Å². The summed E-state index contributed by atoms with van der Waals surface area (Å²) in [6.45, 7) is 5.23. The zero-order valence-corrected chi connectivity index (χ0v) is 16.0. The van der Waals surface area contributed by atoms with E-state index in [1.807, 2.05) is 39.0 Å². The number of furan rings is 1. The van der Waals surface area contributed by atoms with E-state index < -0.39 is 30.5 Å². The minimum atomic E-state index is -0.771. The molecular formula is C20H25NO6. The molecule has 27 heavy (non-hydrogen) atoms. The van der Waals surface area contributed by atoms with Crippen molar-refractivity contribution >= 4 is 28.8 Å². The maximum atomic E-state index is 12.1. The molecule has 0 saturated carbocycles. The Bertz CT molecular complexity index is 825. The Morgan fingerprint density at radius 2 is 2.00 bits per heavy atom. The molecule has 7 nitrogen and oxygen atoms in total. The lowest BCUT2D eigenvalue weighted by atomic mass is 9.99. The Kier molecular flexibility index (Phi) is 6.98. The Labute approximate surface area is 158 Å². The van der Waals surface area contributed by atoms with Gasteiger partial charge in [0.05, 0.1) is 19.8 Å². The smallest absolute Gasteiger partial charge is 0.328 e. The lowest BCUT2D eigenvalue weighted by molar-refractivity contribution is -0.150. The van der Waals surface area contributed by atoms with Gasteiger partial charge in [-0.15, -0.1) is 0 Å². The second kappa shape index (κ2) is 9.21. The molecule has 1 aromatic heterocycles. The van der Waals surface area contributed by atoms with Crippen LogP contribution >= 0.6 is 0 Å². The summed E-state index contributed by atoms with van der Waals surface area (Å²) in [5, 5.41) is 3.40. The average Bonchev–Trinajstić information content (AvgIpc) is 3.04. The number of fused-ring (bicyclic) bond motifs is 1. The van der Waals surface area contributed by atoms with Gasteiger partial charge in [0.25, 0.3) is 5.91 Å². The Hall–Kier alpha value is -2.83. The molecule has 0 aliphatic rings. The van der Waals surface area contributed by atoms with Crippen LogP contribution in [0.15, 0.2) is 28.9 Å². The summed E-state index contributed by atoms with van der Waals surface area (Å²) in [6, 6.07) is 4.94. The van der Waals surface area contributed by atoms with Crippen molar-refractivity contribution in [2.45, 2.75) is 39.7 Å². The number of carbonyl (C=O) groups is 3. The number of aryl methyl sites for hydroxylation is 1. The van der Waals surface area contributed by atoms with Crippen LogP contribution < -0.4 is 5.32 Å². The second-order valence-corrected chi connectivity index (χ2v) is 6.55. The normalized spacial score (nSPS) is 13.0. The number of hydrogen-bond acceptors (Lipinski definition) is 6. The zero-order valence-electron chi connectivity index (χ0n) is 16.0. The third kappa shape index (κ3) is 5.32. The highest BCUT2D eigenvalue weighted by atomic mass is 16.5. The molecule has 0 unspecified atom stereocenters. The summed E-state index contributed by atoms with van der Waals surface area (Å²) in [6.07, 6.45) is 2.20. The first-order chi connectivity index (χ1) is 12.8. The van der Waals surface area contributed by atoms with E-state index in [0.29, 0.717) is 17.6 Å². The molecule has 1 heterocycles. The highest BCUT2D eigenvalue weighted by Crippen LogP contribution is 2.22. The van der Waals surface area contributed by atoms with Crippen LogP contribution in [0.1, 0.15) is 31.4 Å². The van der Waals surface area contributed by atoms with Crippen molar-refractivity contribution in [3.05, 3.63) is 35.6 Å². The zero-order chi connectivity index (χ0) is 20.0. The number of benzene rings is 1. The first kappa shape index (κ1) is 20.5. The van der Waals surface area contributed by atoms with Gasteiger partial charge in [0.15, 0.2) is 6.61 Å². The standard InChI is InChI=1S/C20H25NO6/c1-5-13(3)19(20(24)25-4)21-17(22)11-27-18(23)9-14-10-26-16-8-12(2)6-7-15(14)16/h6-8,10,13,19H,5,9,11H2,1-4H3,(H,21,22)/t13-,19+/m1/s1. The van der Waals surface area contributed by atoms with E-state index in [0.717, 1.165) is 10.9 Å². The van der Waals surface area contributed by atoms with E-state index in [1.165, 1.54) is 13.4 Å². The van der Waals surface area contributed by atoms with Crippen molar-refractivity contribution in [3.8, 4) is 0 Å². The Morgan fingerprint density at radius 3 is 2.67 bits per heavy atom. The number of nitrogens with one attached hydrogen (secondary N) is 1. The molecule has 0 saturated heterocycles. The molecule has 0 aliphatic heterocycles. The number of ether oxygens (including phenoxy) is 2. The van der Waals surface area contributed by atoms with E-state index in [4.69, 9.17) is 13.9 Å². The monoisotopic (exact) mass is 375 g/mol. The highest BCUT2D eigenvalue weighted by Gasteiger charge is 2.27. The van der Waals surface area contributed by atoms with Crippen molar-refractivity contribution < 1.29 is 28.3 Å². The van der Waals surface area contributed by atoms with E-state index in [2.05, 4.69) is 5.32 Å². The molecule has 1 amide bonds. The summed E-state index contributed by atoms with van der Waals surface area (Å²) in [4.78, 5) is 35.9. The third-order valence-corrected chi connectivity index (χ3v) is 4.49. The summed E-state index contributed by atoms with van der Waals surface area (Å²) >= 11 is 0. The van der Waals surface area contributed by atoms with E-state index in [1.54, 1.807) is 0 Å². The van der Waals surface area contributed by atoms with Crippen molar-refractivity contribution in [2.24, 2.45) is 5.92 Å². The summed E-state index contributed by atoms with van der Waals surface area (Å²) in [7, 11) is 1.26. The van der Waals surface area contributed by atoms with Gasteiger partial charge in [0.1, 0.15) is 11.6 Å². The van der Waals surface area contributed by atoms with Crippen LogP contribution in [-0.4, -0.2) is 37.6 Å². The lowest BCUT2D eigenvalue weighted by Gasteiger charge is -2.21. The molecule has 0 radical (unpaired) electrons. The van der Waals surface area contributed by atoms with Crippen molar-refractivity contribution in [3.63, 3.8) is 0 Å². The van der Waals surface area contributed by atoms with Crippen LogP contribution in [0.4, 0.5) is 0 Å². The molecule has 0 aliphatic carbocycles. The van der Waals surface area contributed by atoms with Crippen LogP contribution in [0.25, 0.3) is 11.0 Å². The maximum absolute atomic E-state index is 12.1. The van der Waals surface area contributed by atoms with Gasteiger partial charge >= 0.3 is 11.9 Å². The molecule has 0 spiro atoms. The predicted octanol–water partition coefficient (Wildman–Crippen LogP) is 2.53. The fraction of sp³-hybridized carbons (Fsp3) is 0.450. The van der Waals surface area contributed by atoms with Gasteiger partial charge in [-0.3, -0.25) is 9.59 Å². The number of rotatable bonds is 8. The molecule has 2 atom stereocenters. The number of methoxy groups -OCH3 is 1. The number of carbonyl (C=O) groups excluding carboxylic acids is 3.